The Morgan fingerprint density at radius 3 is 2.35 bits per heavy atom. The highest BCUT2D eigenvalue weighted by Crippen LogP contribution is 2.26. The number of Topliss-reactive ketones (excluding diaryl/α,β-unsaturated/α-hetero) is 1. The van der Waals surface area contributed by atoms with Crippen LogP contribution < -0.4 is 0 Å². The van der Waals surface area contributed by atoms with Crippen molar-refractivity contribution in [1.29, 1.82) is 0 Å². The smallest absolute Gasteiger partial charge is 0.147 e. The Balaban J connectivity index is 1.87. The topological polar surface area (TPSA) is 17.1 Å². The van der Waals surface area contributed by atoms with E-state index in [-0.39, 0.29) is 5.78 Å². The minimum Gasteiger partial charge on any atom is -0.298 e. The lowest BCUT2D eigenvalue weighted by Gasteiger charge is -2.04. The molecule has 2 aromatic carbocycles. The monoisotopic (exact) mass is 304 g/mol. The van der Waals surface area contributed by atoms with Gasteiger partial charge in [0.15, 0.2) is 0 Å². The van der Waals surface area contributed by atoms with E-state index >= 15 is 0 Å². The normalized spacial score (nSPS) is 10.5. The summed E-state index contributed by atoms with van der Waals surface area (Å²) in [7, 11) is 0. The van der Waals surface area contributed by atoms with E-state index in [1.54, 1.807) is 0 Å². The molecule has 2 aromatic rings. The molecule has 20 heavy (non-hydrogen) atoms. The Hall–Kier alpha value is -1.25. The summed E-state index contributed by atoms with van der Waals surface area (Å²) in [5.41, 5.74) is 2.37. The number of carbonyl (C=O) groups is 1. The number of halogens is 1. The number of aryl methyl sites for hydroxylation is 1. The van der Waals surface area contributed by atoms with Crippen molar-refractivity contribution >= 4 is 29.1 Å². The number of ketones is 1. The number of thioether (sulfide) groups is 1. The van der Waals surface area contributed by atoms with Crippen molar-refractivity contribution in [3.05, 3.63) is 64.7 Å². The fraction of sp³-hybridized carbons (Fsp3) is 0.235. The minimum absolute atomic E-state index is 0.221. The van der Waals surface area contributed by atoms with Gasteiger partial charge in [-0.2, -0.15) is 0 Å². The molecule has 0 aliphatic carbocycles. The van der Waals surface area contributed by atoms with E-state index in [1.165, 1.54) is 17.3 Å². The Morgan fingerprint density at radius 2 is 1.70 bits per heavy atom. The van der Waals surface area contributed by atoms with Gasteiger partial charge in [-0.3, -0.25) is 4.79 Å². The summed E-state index contributed by atoms with van der Waals surface area (Å²) in [6.07, 6.45) is 1.51. The van der Waals surface area contributed by atoms with Gasteiger partial charge in [0.25, 0.3) is 0 Å². The first-order valence-corrected chi connectivity index (χ1v) is 8.02. The molecule has 0 heterocycles. The van der Waals surface area contributed by atoms with Crippen molar-refractivity contribution in [2.75, 3.05) is 5.75 Å². The third-order valence-corrected chi connectivity index (χ3v) is 4.63. The number of benzene rings is 2. The summed E-state index contributed by atoms with van der Waals surface area (Å²) < 4.78 is 0. The van der Waals surface area contributed by atoms with Crippen molar-refractivity contribution in [3.63, 3.8) is 0 Å². The molecule has 0 aromatic heterocycles. The Kier molecular flexibility index (Phi) is 5.69. The van der Waals surface area contributed by atoms with Gasteiger partial charge in [0, 0.05) is 11.3 Å². The van der Waals surface area contributed by atoms with Gasteiger partial charge in [-0.15, -0.1) is 11.8 Å². The van der Waals surface area contributed by atoms with E-state index in [0.717, 1.165) is 16.9 Å². The van der Waals surface area contributed by atoms with E-state index < -0.39 is 0 Å². The summed E-state index contributed by atoms with van der Waals surface area (Å²) in [5, 5.41) is 0.706. The van der Waals surface area contributed by atoms with Crippen molar-refractivity contribution in [2.24, 2.45) is 0 Å². The lowest BCUT2D eigenvalue weighted by Crippen LogP contribution is -2.05. The van der Waals surface area contributed by atoms with E-state index in [2.05, 4.69) is 19.1 Å². The first-order valence-electron chi connectivity index (χ1n) is 6.66. The van der Waals surface area contributed by atoms with Gasteiger partial charge in [0.05, 0.1) is 10.8 Å². The highest BCUT2D eigenvalue weighted by Gasteiger charge is 2.07. The zero-order valence-corrected chi connectivity index (χ0v) is 13.0. The zero-order valence-electron chi connectivity index (χ0n) is 11.4. The molecule has 1 nitrogen and oxygen atoms in total. The van der Waals surface area contributed by atoms with Crippen LogP contribution in [0, 0.1) is 0 Å². The molecule has 0 amide bonds. The van der Waals surface area contributed by atoms with E-state index in [9.17, 15) is 4.79 Å². The van der Waals surface area contributed by atoms with Gasteiger partial charge < -0.3 is 0 Å². The van der Waals surface area contributed by atoms with E-state index in [4.69, 9.17) is 11.6 Å². The van der Waals surface area contributed by atoms with Gasteiger partial charge in [-0.05, 0) is 29.7 Å². The molecule has 0 saturated carbocycles. The number of hydrogen-bond acceptors (Lipinski definition) is 2. The minimum atomic E-state index is 0.221. The van der Waals surface area contributed by atoms with Gasteiger partial charge >= 0.3 is 0 Å². The maximum absolute atomic E-state index is 12.0. The first kappa shape index (κ1) is 15.1. The predicted octanol–water partition coefficient (Wildman–Crippen LogP) is 4.81. The van der Waals surface area contributed by atoms with Crippen LogP contribution in [-0.2, 0) is 17.6 Å². The van der Waals surface area contributed by atoms with Crippen LogP contribution >= 0.6 is 23.4 Å². The van der Waals surface area contributed by atoms with Crippen LogP contribution in [0.1, 0.15) is 18.1 Å². The molecular weight excluding hydrogens is 288 g/mol. The summed E-state index contributed by atoms with van der Waals surface area (Å²) in [6, 6.07) is 15.9. The number of carbonyl (C=O) groups excluding carboxylic acids is 1. The molecule has 0 fully saturated rings. The third-order valence-electron chi connectivity index (χ3n) is 3.06. The lowest BCUT2D eigenvalue weighted by atomic mass is 10.1. The van der Waals surface area contributed by atoms with E-state index in [1.807, 2.05) is 36.4 Å². The molecule has 0 aliphatic heterocycles. The molecule has 0 N–H and O–H groups in total. The second-order valence-corrected chi connectivity index (χ2v) is 6.03. The average molecular weight is 305 g/mol. The van der Waals surface area contributed by atoms with Crippen LogP contribution in [0.2, 0.25) is 5.02 Å². The molecule has 0 radical (unpaired) electrons. The van der Waals surface area contributed by atoms with Crippen molar-refractivity contribution in [3.8, 4) is 0 Å². The molecule has 0 bridgehead atoms. The van der Waals surface area contributed by atoms with Gasteiger partial charge in [0.1, 0.15) is 5.78 Å². The molecule has 0 saturated heterocycles. The van der Waals surface area contributed by atoms with Crippen molar-refractivity contribution in [1.82, 2.24) is 0 Å². The second-order valence-electron chi connectivity index (χ2n) is 4.60. The van der Waals surface area contributed by atoms with Crippen LogP contribution in [0.25, 0.3) is 0 Å². The Morgan fingerprint density at radius 1 is 1.05 bits per heavy atom. The number of hydrogen-bond donors (Lipinski definition) is 0. The molecule has 2 rings (SSSR count). The maximum Gasteiger partial charge on any atom is 0.147 e. The molecule has 0 unspecified atom stereocenters. The lowest BCUT2D eigenvalue weighted by molar-refractivity contribution is -0.116. The summed E-state index contributed by atoms with van der Waals surface area (Å²) in [4.78, 5) is 12.9. The SMILES string of the molecule is CCc1ccc(CC(=O)CSc2ccccc2Cl)cc1. The average Bonchev–Trinajstić information content (AvgIpc) is 2.47. The van der Waals surface area contributed by atoms with Crippen molar-refractivity contribution < 1.29 is 4.79 Å². The Bertz CT molecular complexity index is 578. The Labute approximate surface area is 129 Å². The summed E-state index contributed by atoms with van der Waals surface area (Å²) >= 11 is 7.57. The largest absolute Gasteiger partial charge is 0.298 e. The van der Waals surface area contributed by atoms with Gasteiger partial charge in [-0.25, -0.2) is 0 Å². The van der Waals surface area contributed by atoms with Crippen LogP contribution in [-0.4, -0.2) is 11.5 Å². The third kappa shape index (κ3) is 4.39. The van der Waals surface area contributed by atoms with E-state index in [0.29, 0.717) is 17.2 Å². The molecule has 0 spiro atoms. The van der Waals surface area contributed by atoms with Crippen LogP contribution in [0.4, 0.5) is 0 Å². The van der Waals surface area contributed by atoms with Gasteiger partial charge in [0.2, 0.25) is 0 Å². The highest BCUT2D eigenvalue weighted by molar-refractivity contribution is 8.00. The molecular formula is C17H17ClOS. The van der Waals surface area contributed by atoms with Crippen LogP contribution in [0.15, 0.2) is 53.4 Å². The maximum atomic E-state index is 12.0. The predicted molar refractivity (Wildman–Crippen MR) is 86.7 cm³/mol. The standard InChI is InChI=1S/C17H17ClOS/c1-2-13-7-9-14(10-8-13)11-15(19)12-20-17-6-4-3-5-16(17)18/h3-10H,2,11-12H2,1H3. The molecule has 3 heteroatoms. The highest BCUT2D eigenvalue weighted by atomic mass is 35.5. The fourth-order valence-electron chi connectivity index (χ4n) is 1.89. The van der Waals surface area contributed by atoms with Crippen LogP contribution in [0.5, 0.6) is 0 Å². The zero-order chi connectivity index (χ0) is 14.4. The summed E-state index contributed by atoms with van der Waals surface area (Å²) in [6.45, 7) is 2.13. The molecule has 104 valence electrons. The summed E-state index contributed by atoms with van der Waals surface area (Å²) in [5.74, 6) is 0.679. The quantitative estimate of drug-likeness (QED) is 0.713. The van der Waals surface area contributed by atoms with Crippen molar-refractivity contribution in [2.45, 2.75) is 24.7 Å². The molecule has 0 aliphatic rings. The van der Waals surface area contributed by atoms with Crippen LogP contribution in [0.3, 0.4) is 0 Å². The number of rotatable bonds is 6. The second kappa shape index (κ2) is 7.51. The fourth-order valence-corrected chi connectivity index (χ4v) is 2.99. The van der Waals surface area contributed by atoms with Gasteiger partial charge in [-0.1, -0.05) is 54.9 Å². The molecule has 0 atom stereocenters. The first-order chi connectivity index (χ1) is 9.69.